The summed E-state index contributed by atoms with van der Waals surface area (Å²) in [6.45, 7) is 0. The first-order chi connectivity index (χ1) is 15.6. The van der Waals surface area contributed by atoms with Crippen molar-refractivity contribution in [2.75, 3.05) is 24.8 Å². The predicted octanol–water partition coefficient (Wildman–Crippen LogP) is 1.98. The van der Waals surface area contributed by atoms with Crippen LogP contribution in [-0.2, 0) is 21.2 Å². The third-order valence-electron chi connectivity index (χ3n) is 4.33. The van der Waals surface area contributed by atoms with Crippen molar-refractivity contribution in [1.29, 1.82) is 0 Å². The maximum Gasteiger partial charge on any atom is 0.270 e. The average molecular weight is 477 g/mol. The molecule has 0 aliphatic heterocycles. The van der Waals surface area contributed by atoms with Crippen LogP contribution >= 0.6 is 0 Å². The molecule has 0 fully saturated rings. The Morgan fingerprint density at radius 3 is 2.58 bits per heavy atom. The van der Waals surface area contributed by atoms with Crippen molar-refractivity contribution in [1.82, 2.24) is 15.1 Å². The average Bonchev–Trinajstić information content (AvgIpc) is 3.26. The SMILES string of the molecule is COc1ccc(N(C(=O)CCc2nc(-c3cccc([N+](=O)[O-])c3)no2)S(C)(=O)=O)c(OC)n1. The lowest BCUT2D eigenvalue weighted by Crippen LogP contribution is -2.36. The smallest absolute Gasteiger partial charge is 0.270 e. The zero-order valence-corrected chi connectivity index (χ0v) is 18.6. The molecule has 3 rings (SSSR count). The van der Waals surface area contributed by atoms with E-state index in [2.05, 4.69) is 15.1 Å². The summed E-state index contributed by atoms with van der Waals surface area (Å²) in [5.74, 6) is -0.562. The van der Waals surface area contributed by atoms with Gasteiger partial charge in [0, 0.05) is 36.6 Å². The van der Waals surface area contributed by atoms with Crippen LogP contribution in [0.5, 0.6) is 11.8 Å². The summed E-state index contributed by atoms with van der Waals surface area (Å²) in [4.78, 5) is 31.4. The summed E-state index contributed by atoms with van der Waals surface area (Å²) < 4.78 is 40.5. The molecule has 0 aliphatic rings. The molecular weight excluding hydrogens is 458 g/mol. The molecule has 174 valence electrons. The lowest BCUT2D eigenvalue weighted by atomic mass is 10.2. The fraction of sp³-hybridized carbons (Fsp3) is 0.263. The predicted molar refractivity (Wildman–Crippen MR) is 114 cm³/mol. The normalized spacial score (nSPS) is 11.1. The summed E-state index contributed by atoms with van der Waals surface area (Å²) >= 11 is 0. The first kappa shape index (κ1) is 23.6. The van der Waals surface area contributed by atoms with Gasteiger partial charge < -0.3 is 14.0 Å². The van der Waals surface area contributed by atoms with Gasteiger partial charge in [-0.2, -0.15) is 9.97 Å². The summed E-state index contributed by atoms with van der Waals surface area (Å²) in [7, 11) is -1.37. The van der Waals surface area contributed by atoms with Crippen molar-refractivity contribution in [3.8, 4) is 23.1 Å². The molecule has 0 unspecified atom stereocenters. The van der Waals surface area contributed by atoms with Crippen molar-refractivity contribution in [3.63, 3.8) is 0 Å². The molecule has 1 aromatic carbocycles. The number of aryl methyl sites for hydroxylation is 1. The Balaban J connectivity index is 1.80. The number of hydrogen-bond donors (Lipinski definition) is 0. The van der Waals surface area contributed by atoms with Gasteiger partial charge in [-0.3, -0.25) is 14.9 Å². The van der Waals surface area contributed by atoms with E-state index in [-0.39, 0.29) is 47.7 Å². The van der Waals surface area contributed by atoms with Crippen molar-refractivity contribution in [2.45, 2.75) is 12.8 Å². The Labute approximate surface area is 188 Å². The number of benzene rings is 1. The Hall–Kier alpha value is -4.07. The van der Waals surface area contributed by atoms with E-state index in [1.54, 1.807) is 6.07 Å². The molecule has 0 radical (unpaired) electrons. The quantitative estimate of drug-likeness (QED) is 0.326. The van der Waals surface area contributed by atoms with Gasteiger partial charge in [0.1, 0.15) is 5.69 Å². The highest BCUT2D eigenvalue weighted by atomic mass is 32.2. The summed E-state index contributed by atoms with van der Waals surface area (Å²) in [5.41, 5.74) is 0.144. The Morgan fingerprint density at radius 2 is 1.94 bits per heavy atom. The Morgan fingerprint density at radius 1 is 1.18 bits per heavy atom. The largest absolute Gasteiger partial charge is 0.481 e. The number of ether oxygens (including phenoxy) is 2. The number of anilines is 1. The topological polar surface area (TPSA) is 168 Å². The molecule has 0 saturated carbocycles. The van der Waals surface area contributed by atoms with E-state index in [4.69, 9.17) is 14.0 Å². The van der Waals surface area contributed by atoms with E-state index in [9.17, 15) is 23.3 Å². The number of pyridine rings is 1. The molecule has 0 aliphatic carbocycles. The minimum atomic E-state index is -4.03. The number of non-ortho nitro benzene ring substituents is 1. The van der Waals surface area contributed by atoms with Crippen LogP contribution in [0.1, 0.15) is 12.3 Å². The number of sulfonamides is 1. The standard InChI is InChI=1S/C19H19N5O8S/c1-30-15-8-7-14(19(21-15)31-2)23(33(3,28)29)17(25)10-9-16-20-18(22-32-16)12-5-4-6-13(11-12)24(26)27/h4-8,11H,9-10H2,1-3H3. The number of aromatic nitrogens is 3. The van der Waals surface area contributed by atoms with Gasteiger partial charge in [-0.05, 0) is 6.07 Å². The molecule has 33 heavy (non-hydrogen) atoms. The van der Waals surface area contributed by atoms with Crippen LogP contribution in [0.25, 0.3) is 11.4 Å². The number of nitro groups is 1. The van der Waals surface area contributed by atoms with Crippen molar-refractivity contribution in [3.05, 3.63) is 52.4 Å². The second-order valence-electron chi connectivity index (χ2n) is 6.62. The lowest BCUT2D eigenvalue weighted by Gasteiger charge is -2.21. The number of nitrogens with zero attached hydrogens (tertiary/aromatic N) is 5. The Bertz CT molecular complexity index is 1290. The third-order valence-corrected chi connectivity index (χ3v) is 5.39. The molecule has 3 aromatic rings. The molecule has 1 amide bonds. The molecule has 14 heteroatoms. The van der Waals surface area contributed by atoms with Gasteiger partial charge in [-0.15, -0.1) is 0 Å². The fourth-order valence-corrected chi connectivity index (χ4v) is 3.84. The van der Waals surface area contributed by atoms with E-state index in [0.29, 0.717) is 9.87 Å². The number of nitro benzene ring substituents is 1. The summed E-state index contributed by atoms with van der Waals surface area (Å²) in [6, 6.07) is 8.40. The lowest BCUT2D eigenvalue weighted by molar-refractivity contribution is -0.384. The van der Waals surface area contributed by atoms with Crippen LogP contribution in [0.3, 0.4) is 0 Å². The second kappa shape index (κ2) is 9.60. The highest BCUT2D eigenvalue weighted by Gasteiger charge is 2.29. The van der Waals surface area contributed by atoms with E-state index >= 15 is 0 Å². The zero-order valence-electron chi connectivity index (χ0n) is 17.8. The van der Waals surface area contributed by atoms with Gasteiger partial charge in [0.2, 0.25) is 39.4 Å². The maximum absolute atomic E-state index is 12.9. The van der Waals surface area contributed by atoms with E-state index < -0.39 is 20.9 Å². The van der Waals surface area contributed by atoms with E-state index in [1.807, 2.05) is 0 Å². The number of carbonyl (C=O) groups is 1. The Kier molecular flexibility index (Phi) is 6.86. The van der Waals surface area contributed by atoms with E-state index in [0.717, 1.165) is 6.26 Å². The first-order valence-corrected chi connectivity index (χ1v) is 11.2. The highest BCUT2D eigenvalue weighted by molar-refractivity contribution is 7.92. The number of methoxy groups -OCH3 is 2. The molecular formula is C19H19N5O8S. The third kappa shape index (κ3) is 5.41. The van der Waals surface area contributed by atoms with Crippen LogP contribution in [-0.4, -0.2) is 54.8 Å². The van der Waals surface area contributed by atoms with E-state index in [1.165, 1.54) is 44.6 Å². The second-order valence-corrected chi connectivity index (χ2v) is 8.45. The van der Waals surface area contributed by atoms with Crippen LogP contribution < -0.4 is 13.8 Å². The monoisotopic (exact) mass is 477 g/mol. The van der Waals surface area contributed by atoms with Gasteiger partial charge >= 0.3 is 0 Å². The van der Waals surface area contributed by atoms with Gasteiger partial charge in [-0.1, -0.05) is 17.3 Å². The summed E-state index contributed by atoms with van der Waals surface area (Å²) in [6.07, 6.45) is 0.513. The van der Waals surface area contributed by atoms with Crippen LogP contribution in [0, 0.1) is 10.1 Å². The number of rotatable bonds is 9. The molecule has 2 heterocycles. The molecule has 0 atom stereocenters. The maximum atomic E-state index is 12.9. The van der Waals surface area contributed by atoms with Crippen molar-refractivity contribution in [2.24, 2.45) is 0 Å². The number of carbonyl (C=O) groups excluding carboxylic acids is 1. The van der Waals surface area contributed by atoms with Gasteiger partial charge in [0.05, 0.1) is 25.4 Å². The molecule has 2 aromatic heterocycles. The van der Waals surface area contributed by atoms with Gasteiger partial charge in [-0.25, -0.2) is 12.7 Å². The van der Waals surface area contributed by atoms with Crippen LogP contribution in [0.4, 0.5) is 11.4 Å². The number of hydrogen-bond acceptors (Lipinski definition) is 11. The molecule has 0 saturated heterocycles. The minimum Gasteiger partial charge on any atom is -0.481 e. The molecule has 0 spiro atoms. The van der Waals surface area contributed by atoms with Crippen molar-refractivity contribution >= 4 is 27.3 Å². The molecule has 13 nitrogen and oxygen atoms in total. The highest BCUT2D eigenvalue weighted by Crippen LogP contribution is 2.31. The van der Waals surface area contributed by atoms with Crippen LogP contribution in [0.2, 0.25) is 0 Å². The number of amides is 1. The van der Waals surface area contributed by atoms with Gasteiger partial charge in [0.25, 0.3) is 5.69 Å². The fourth-order valence-electron chi connectivity index (χ4n) is 2.88. The van der Waals surface area contributed by atoms with Crippen molar-refractivity contribution < 1.29 is 32.1 Å². The van der Waals surface area contributed by atoms with Gasteiger partial charge in [0.15, 0.2) is 0 Å². The van der Waals surface area contributed by atoms with Crippen LogP contribution in [0.15, 0.2) is 40.9 Å². The zero-order chi connectivity index (χ0) is 24.2. The molecule has 0 bridgehead atoms. The molecule has 0 N–H and O–H groups in total. The first-order valence-electron chi connectivity index (χ1n) is 9.33. The summed E-state index contributed by atoms with van der Waals surface area (Å²) in [5, 5.41) is 14.7. The minimum absolute atomic E-state index is 0.0538.